The van der Waals surface area contributed by atoms with E-state index >= 15 is 0 Å². The highest BCUT2D eigenvalue weighted by Crippen LogP contribution is 2.42. The number of hydrogen-bond donors (Lipinski definition) is 12. The van der Waals surface area contributed by atoms with E-state index in [-0.39, 0.29) is 134 Å². The van der Waals surface area contributed by atoms with Gasteiger partial charge in [-0.1, -0.05) is 6.92 Å². The van der Waals surface area contributed by atoms with Crippen molar-refractivity contribution in [2.75, 3.05) is 47.4 Å². The van der Waals surface area contributed by atoms with Crippen LogP contribution in [0.4, 0.5) is 23.3 Å². The molecule has 129 heavy (non-hydrogen) atoms. The lowest BCUT2D eigenvalue weighted by Gasteiger charge is -2.32. The average molecular weight is 1840 g/mol. The van der Waals surface area contributed by atoms with Gasteiger partial charge in [0, 0.05) is 122 Å². The molecule has 12 heterocycles. The Balaban J connectivity index is 0.000000147. The summed E-state index contributed by atoms with van der Waals surface area (Å²) in [6.45, 7) is 35.4. The molecule has 36 heteroatoms. The van der Waals surface area contributed by atoms with Gasteiger partial charge < -0.3 is 82.6 Å². The Bertz CT molecular complexity index is 5020. The number of carbonyl (C=O) groups excluding carboxylic acids is 8. The Labute approximate surface area is 770 Å². The molecule has 0 radical (unpaired) electrons. The molecule has 8 amide bonds. The van der Waals surface area contributed by atoms with Crippen molar-refractivity contribution in [1.29, 1.82) is 0 Å². The van der Waals surface area contributed by atoms with Gasteiger partial charge >= 0.3 is 0 Å². The van der Waals surface area contributed by atoms with Crippen molar-refractivity contribution in [3.8, 4) is 41.8 Å². The number of nitrogens with zero attached hydrogens (tertiary/aromatic N) is 12. The Morgan fingerprint density at radius 3 is 0.729 bits per heavy atom. The number of thiazole rings is 4. The molecule has 0 bridgehead atoms. The molecule has 2 unspecified atom stereocenters. The number of nitrogens with one attached hydrogen (secondary N) is 8. The first-order valence-corrected chi connectivity index (χ1v) is 48.9. The van der Waals surface area contributed by atoms with Crippen LogP contribution in [0.2, 0.25) is 0 Å². The zero-order chi connectivity index (χ0) is 92.7. The van der Waals surface area contributed by atoms with E-state index in [0.717, 1.165) is 151 Å². The zero-order valence-electron chi connectivity index (χ0n) is 76.8. The average Bonchev–Trinajstić information content (AvgIpc) is 1.65. The van der Waals surface area contributed by atoms with Crippen LogP contribution in [0.3, 0.4) is 0 Å². The number of carbonyl (C=O) groups is 8. The summed E-state index contributed by atoms with van der Waals surface area (Å²) in [6.07, 6.45) is 19.4. The first kappa shape index (κ1) is 96.5. The summed E-state index contributed by atoms with van der Waals surface area (Å²) in [5.41, 5.74) is 8.25. The smallest absolute Gasteiger partial charge is 0.280 e. The van der Waals surface area contributed by atoms with Crippen LogP contribution in [-0.2, 0) is 0 Å². The molecule has 4 aliphatic carbocycles. The van der Waals surface area contributed by atoms with Gasteiger partial charge in [-0.3, -0.25) is 38.4 Å². The molecule has 0 spiro atoms. The molecule has 32 nitrogen and oxygen atoms in total. The SMILES string of the molecule is CC[C@@H](C)Nc1cc(C)c(-c2sc(C(=O)N[C@@H]3CC[C@@H]3O)nc2C(=O)N2CCC[C@@H]2C)cn1.Cc1cc(NC(C)C)ncc1-c1sc(C(=O)NC2CCC2O)nc1C(=O)N1CCC[C@@H]1C.Cc1cc(NC(C)C)ncc1-c1sc(C(=O)N[C@@H]2CC[C@@H]2O)nc1C(=O)N1CCC[C@@H]1C.Cc1cc(NC(C)C)ncc1-c1sc(C(=O)N[C@H]2CC[C@H]2O)nc1C(=O)N1CCC[C@@H]1C. The number of amides is 8. The monoisotopic (exact) mass is 1840 g/mol. The van der Waals surface area contributed by atoms with Crippen LogP contribution in [0.5, 0.6) is 0 Å². The molecule has 8 aliphatic rings. The molecule has 694 valence electrons. The van der Waals surface area contributed by atoms with Crippen LogP contribution >= 0.6 is 45.3 Å². The normalized spacial score (nSPS) is 22.8. The molecule has 16 rings (SSSR count). The zero-order valence-corrected chi connectivity index (χ0v) is 80.0. The lowest BCUT2D eigenvalue weighted by atomic mass is 9.89. The number of rotatable bonds is 25. The second kappa shape index (κ2) is 42.4. The highest BCUT2D eigenvalue weighted by molar-refractivity contribution is 7.18. The summed E-state index contributed by atoms with van der Waals surface area (Å²) in [4.78, 5) is 151. The number of aromatic nitrogens is 8. The quantitative estimate of drug-likeness (QED) is 0.0253. The summed E-state index contributed by atoms with van der Waals surface area (Å²) in [5.74, 6) is 1.11. The van der Waals surface area contributed by atoms with E-state index in [9.17, 15) is 58.8 Å². The molecule has 4 saturated heterocycles. The fourth-order valence-electron chi connectivity index (χ4n) is 16.7. The molecule has 4 aliphatic heterocycles. The van der Waals surface area contributed by atoms with Crippen molar-refractivity contribution in [1.82, 2.24) is 80.7 Å². The predicted octanol–water partition coefficient (Wildman–Crippen LogP) is 13.2. The number of pyridine rings is 4. The molecule has 0 aromatic carbocycles. The van der Waals surface area contributed by atoms with Crippen molar-refractivity contribution in [2.45, 2.75) is 317 Å². The second-order valence-electron chi connectivity index (χ2n) is 36.5. The predicted molar refractivity (Wildman–Crippen MR) is 505 cm³/mol. The Morgan fingerprint density at radius 1 is 0.349 bits per heavy atom. The van der Waals surface area contributed by atoms with Gasteiger partial charge in [0.05, 0.1) is 68.1 Å². The third-order valence-corrected chi connectivity index (χ3v) is 29.7. The highest BCUT2D eigenvalue weighted by atomic mass is 32.1. The summed E-state index contributed by atoms with van der Waals surface area (Å²) in [7, 11) is 0. The largest absolute Gasteiger partial charge is 0.391 e. The second-order valence-corrected chi connectivity index (χ2v) is 40.5. The third-order valence-electron chi connectivity index (χ3n) is 25.3. The Hall–Kier alpha value is -10.1. The number of aliphatic hydroxyl groups excluding tert-OH is 4. The summed E-state index contributed by atoms with van der Waals surface area (Å²) < 4.78 is 0. The minimum Gasteiger partial charge on any atom is -0.391 e. The van der Waals surface area contributed by atoms with Crippen molar-refractivity contribution >= 4 is 116 Å². The number of aryl methyl sites for hydroxylation is 4. The first-order chi connectivity index (χ1) is 61.5. The molecule has 8 aromatic rings. The van der Waals surface area contributed by atoms with Gasteiger partial charge in [0.2, 0.25) is 0 Å². The molecule has 4 saturated carbocycles. The van der Waals surface area contributed by atoms with E-state index < -0.39 is 24.4 Å². The molecule has 8 aromatic heterocycles. The van der Waals surface area contributed by atoms with Gasteiger partial charge in [-0.25, -0.2) is 39.9 Å². The van der Waals surface area contributed by atoms with Crippen LogP contribution < -0.4 is 42.5 Å². The minimum absolute atomic E-state index is 0.143. The standard InChI is InChI=1S/C24H33N5O3S.3C23H31N5O3S/c1-5-14(3)26-19-11-13(2)16(12-25-19)21-20(24(32)29-10-6-7-15(29)4)28-23(33-21)22(31)27-17-8-9-18(17)30;3*1-12(2)25-18-10-13(3)15(11-24-18)20-19(23(31)28-9-5-6-14(28)4)27-22(32-20)21(30)26-16-7-8-17(16)29/h11-12,14-15,17-18,30H,5-10H2,1-4H3,(H,25,26)(H,27,31);3*10-12,14,16-17,29H,5-9H2,1-4H3,(H,24,25)(H,26,30)/t14-,15+,17-,18+;14-,16?,17?;14-,16+,17-;14-,16-,17+/m1000/s1. The van der Waals surface area contributed by atoms with Gasteiger partial charge in [0.15, 0.2) is 20.0 Å². The maximum absolute atomic E-state index is 13.5. The maximum atomic E-state index is 13.5. The number of anilines is 4. The molecular formula is C93H126N20O12S4. The minimum atomic E-state index is -0.517. The van der Waals surface area contributed by atoms with Crippen molar-refractivity contribution in [3.05, 3.63) is 114 Å². The number of aliphatic hydroxyl groups is 4. The van der Waals surface area contributed by atoms with E-state index in [1.54, 1.807) is 24.8 Å². The van der Waals surface area contributed by atoms with E-state index in [4.69, 9.17) is 0 Å². The summed E-state index contributed by atoms with van der Waals surface area (Å²) >= 11 is 4.84. The van der Waals surface area contributed by atoms with Crippen molar-refractivity contribution < 1.29 is 58.8 Å². The third kappa shape index (κ3) is 22.7. The Kier molecular flexibility index (Phi) is 31.7. The van der Waals surface area contributed by atoms with Crippen LogP contribution in [0, 0.1) is 27.7 Å². The molecule has 13 atom stereocenters. The fraction of sp³-hybridized carbons (Fsp3) is 0.570. The van der Waals surface area contributed by atoms with Gasteiger partial charge in [-0.15, -0.1) is 45.3 Å². The summed E-state index contributed by atoms with van der Waals surface area (Å²) in [6, 6.07) is 8.47. The lowest BCUT2D eigenvalue weighted by Crippen LogP contribution is -2.50. The van der Waals surface area contributed by atoms with Crippen LogP contribution in [0.1, 0.15) is 296 Å². The number of hydrogen-bond acceptors (Lipinski definition) is 28. The van der Waals surface area contributed by atoms with E-state index in [2.05, 4.69) is 96.3 Å². The number of likely N-dealkylation sites (tertiary alicyclic amines) is 4. The van der Waals surface area contributed by atoms with Gasteiger partial charge in [0.25, 0.3) is 47.3 Å². The van der Waals surface area contributed by atoms with Gasteiger partial charge in [0.1, 0.15) is 46.0 Å². The van der Waals surface area contributed by atoms with E-state index in [1.807, 2.05) is 141 Å². The van der Waals surface area contributed by atoms with Crippen molar-refractivity contribution in [3.63, 3.8) is 0 Å². The highest BCUT2D eigenvalue weighted by Gasteiger charge is 2.41. The fourth-order valence-corrected chi connectivity index (χ4v) is 20.9. The van der Waals surface area contributed by atoms with Crippen LogP contribution in [0.25, 0.3) is 41.8 Å². The lowest BCUT2D eigenvalue weighted by molar-refractivity contribution is 0.0447. The van der Waals surface area contributed by atoms with Gasteiger partial charge in [-0.2, -0.15) is 0 Å². The van der Waals surface area contributed by atoms with Gasteiger partial charge in [-0.05, 0) is 260 Å². The summed E-state index contributed by atoms with van der Waals surface area (Å²) in [5, 5.41) is 64.9. The van der Waals surface area contributed by atoms with Crippen LogP contribution in [-0.4, -0.2) is 250 Å². The van der Waals surface area contributed by atoms with Crippen LogP contribution in [0.15, 0.2) is 49.1 Å². The van der Waals surface area contributed by atoms with Crippen molar-refractivity contribution in [2.24, 2.45) is 0 Å². The Morgan fingerprint density at radius 2 is 0.566 bits per heavy atom. The first-order valence-electron chi connectivity index (χ1n) is 45.7. The molecule has 12 N–H and O–H groups in total. The topological polar surface area (TPSA) is 430 Å². The van der Waals surface area contributed by atoms with E-state index in [0.29, 0.717) is 100 Å². The van der Waals surface area contributed by atoms with E-state index in [1.165, 1.54) is 45.3 Å². The molecular weight excluding hydrogens is 1720 g/mol. The molecule has 8 fully saturated rings. The maximum Gasteiger partial charge on any atom is 0.280 e.